The highest BCUT2D eigenvalue weighted by Crippen LogP contribution is 2.18. The Balaban J connectivity index is 1.84. The Morgan fingerprint density at radius 2 is 1.88 bits per heavy atom. The predicted octanol–water partition coefficient (Wildman–Crippen LogP) is 3.85. The molecule has 1 N–H and O–H groups in total. The highest BCUT2D eigenvalue weighted by atomic mass is 14.9. The SMILES string of the molecule is Cc1ccccc1CC(C)NC1CCCCC1. The molecule has 17 heavy (non-hydrogen) atoms. The van der Waals surface area contributed by atoms with Gasteiger partial charge in [-0.05, 0) is 44.2 Å². The summed E-state index contributed by atoms with van der Waals surface area (Å²) < 4.78 is 0. The maximum atomic E-state index is 3.79. The Morgan fingerprint density at radius 1 is 1.18 bits per heavy atom. The molecule has 0 spiro atoms. The maximum absolute atomic E-state index is 3.79. The van der Waals surface area contributed by atoms with E-state index in [0.29, 0.717) is 6.04 Å². The lowest BCUT2D eigenvalue weighted by molar-refractivity contribution is 0.343. The summed E-state index contributed by atoms with van der Waals surface area (Å²) in [5.41, 5.74) is 2.91. The van der Waals surface area contributed by atoms with Gasteiger partial charge in [-0.3, -0.25) is 0 Å². The Bertz CT molecular complexity index is 339. The van der Waals surface area contributed by atoms with Crippen molar-refractivity contribution in [1.82, 2.24) is 5.32 Å². The molecule has 1 saturated carbocycles. The van der Waals surface area contributed by atoms with Gasteiger partial charge in [0, 0.05) is 12.1 Å². The van der Waals surface area contributed by atoms with Crippen molar-refractivity contribution in [2.45, 2.75) is 64.5 Å². The third kappa shape index (κ3) is 3.85. The van der Waals surface area contributed by atoms with Crippen molar-refractivity contribution in [2.24, 2.45) is 0 Å². The Hall–Kier alpha value is -0.820. The average Bonchev–Trinajstić information content (AvgIpc) is 2.33. The molecule has 1 heteroatoms. The zero-order chi connectivity index (χ0) is 12.1. The van der Waals surface area contributed by atoms with Crippen LogP contribution in [0.2, 0.25) is 0 Å². The second kappa shape index (κ2) is 6.20. The van der Waals surface area contributed by atoms with Crippen LogP contribution in [0.15, 0.2) is 24.3 Å². The quantitative estimate of drug-likeness (QED) is 0.830. The summed E-state index contributed by atoms with van der Waals surface area (Å²) >= 11 is 0. The normalized spacial score (nSPS) is 19.2. The fourth-order valence-corrected chi connectivity index (χ4v) is 2.90. The van der Waals surface area contributed by atoms with Crippen LogP contribution in [0, 0.1) is 6.92 Å². The van der Waals surface area contributed by atoms with E-state index >= 15 is 0 Å². The van der Waals surface area contributed by atoms with Crippen LogP contribution in [0.25, 0.3) is 0 Å². The minimum absolute atomic E-state index is 0.596. The molecule has 0 aliphatic heterocycles. The first-order valence-corrected chi connectivity index (χ1v) is 7.06. The second-order valence-corrected chi connectivity index (χ2v) is 5.53. The van der Waals surface area contributed by atoms with Gasteiger partial charge in [-0.25, -0.2) is 0 Å². The van der Waals surface area contributed by atoms with Crippen LogP contribution in [0.5, 0.6) is 0 Å². The summed E-state index contributed by atoms with van der Waals surface area (Å²) in [7, 11) is 0. The molecule has 0 saturated heterocycles. The summed E-state index contributed by atoms with van der Waals surface area (Å²) in [5.74, 6) is 0. The molecule has 0 bridgehead atoms. The topological polar surface area (TPSA) is 12.0 Å². The van der Waals surface area contributed by atoms with Gasteiger partial charge in [-0.15, -0.1) is 0 Å². The minimum atomic E-state index is 0.596. The van der Waals surface area contributed by atoms with Crippen LogP contribution in [-0.4, -0.2) is 12.1 Å². The number of benzene rings is 1. The van der Waals surface area contributed by atoms with Crippen LogP contribution in [0.1, 0.15) is 50.2 Å². The summed E-state index contributed by atoms with van der Waals surface area (Å²) in [6.07, 6.45) is 8.16. The first-order chi connectivity index (χ1) is 8.25. The summed E-state index contributed by atoms with van der Waals surface area (Å²) in [4.78, 5) is 0. The molecule has 1 atom stereocenters. The molecule has 1 aromatic rings. The van der Waals surface area contributed by atoms with E-state index in [1.54, 1.807) is 0 Å². The van der Waals surface area contributed by atoms with Gasteiger partial charge in [0.1, 0.15) is 0 Å². The van der Waals surface area contributed by atoms with Gasteiger partial charge in [0.05, 0.1) is 0 Å². The Morgan fingerprint density at radius 3 is 2.59 bits per heavy atom. The van der Waals surface area contributed by atoms with Crippen molar-refractivity contribution in [1.29, 1.82) is 0 Å². The summed E-state index contributed by atoms with van der Waals surface area (Å²) in [6, 6.07) is 10.1. The predicted molar refractivity (Wildman–Crippen MR) is 74.4 cm³/mol. The first kappa shape index (κ1) is 12.6. The molecular weight excluding hydrogens is 206 g/mol. The Kier molecular flexibility index (Phi) is 4.61. The highest BCUT2D eigenvalue weighted by Gasteiger charge is 2.15. The molecule has 1 fully saturated rings. The fourth-order valence-electron chi connectivity index (χ4n) is 2.90. The van der Waals surface area contributed by atoms with Gasteiger partial charge >= 0.3 is 0 Å². The molecule has 94 valence electrons. The zero-order valence-electron chi connectivity index (χ0n) is 11.2. The van der Waals surface area contributed by atoms with Gasteiger partial charge in [0.2, 0.25) is 0 Å². The lowest BCUT2D eigenvalue weighted by Crippen LogP contribution is -2.39. The van der Waals surface area contributed by atoms with E-state index in [1.165, 1.54) is 43.2 Å². The second-order valence-electron chi connectivity index (χ2n) is 5.53. The molecule has 2 rings (SSSR count). The summed E-state index contributed by atoms with van der Waals surface area (Å²) in [5, 5.41) is 3.79. The number of aryl methyl sites for hydroxylation is 1. The zero-order valence-corrected chi connectivity index (χ0v) is 11.2. The van der Waals surface area contributed by atoms with E-state index in [0.717, 1.165) is 12.5 Å². The Labute approximate surface area is 106 Å². The molecule has 0 aromatic heterocycles. The molecule has 0 heterocycles. The van der Waals surface area contributed by atoms with E-state index in [4.69, 9.17) is 0 Å². The molecule has 1 aliphatic carbocycles. The van der Waals surface area contributed by atoms with Crippen molar-refractivity contribution in [3.05, 3.63) is 35.4 Å². The van der Waals surface area contributed by atoms with Crippen molar-refractivity contribution in [2.75, 3.05) is 0 Å². The number of hydrogen-bond acceptors (Lipinski definition) is 1. The maximum Gasteiger partial charge on any atom is 0.00818 e. The third-order valence-corrected chi connectivity index (χ3v) is 3.91. The molecular formula is C16H25N. The van der Waals surface area contributed by atoms with E-state index in [1.807, 2.05) is 0 Å². The third-order valence-electron chi connectivity index (χ3n) is 3.91. The smallest absolute Gasteiger partial charge is 0.00818 e. The van der Waals surface area contributed by atoms with E-state index in [-0.39, 0.29) is 0 Å². The average molecular weight is 231 g/mol. The molecule has 1 nitrogen and oxygen atoms in total. The highest BCUT2D eigenvalue weighted by molar-refractivity contribution is 5.26. The van der Waals surface area contributed by atoms with Crippen LogP contribution >= 0.6 is 0 Å². The van der Waals surface area contributed by atoms with Crippen LogP contribution in [-0.2, 0) is 6.42 Å². The molecule has 0 amide bonds. The molecule has 0 radical (unpaired) electrons. The van der Waals surface area contributed by atoms with E-state index in [2.05, 4.69) is 43.4 Å². The van der Waals surface area contributed by atoms with Crippen LogP contribution in [0.3, 0.4) is 0 Å². The van der Waals surface area contributed by atoms with Crippen molar-refractivity contribution in [3.8, 4) is 0 Å². The van der Waals surface area contributed by atoms with Crippen molar-refractivity contribution >= 4 is 0 Å². The monoisotopic (exact) mass is 231 g/mol. The van der Waals surface area contributed by atoms with E-state index < -0.39 is 0 Å². The van der Waals surface area contributed by atoms with Gasteiger partial charge < -0.3 is 5.32 Å². The number of rotatable bonds is 4. The van der Waals surface area contributed by atoms with Gasteiger partial charge in [0.25, 0.3) is 0 Å². The standard InChI is InChI=1S/C16H25N/c1-13-8-6-7-9-15(13)12-14(2)17-16-10-4-3-5-11-16/h6-9,14,16-17H,3-5,10-12H2,1-2H3. The van der Waals surface area contributed by atoms with Crippen LogP contribution in [0.4, 0.5) is 0 Å². The van der Waals surface area contributed by atoms with E-state index in [9.17, 15) is 0 Å². The van der Waals surface area contributed by atoms with Gasteiger partial charge in [0.15, 0.2) is 0 Å². The van der Waals surface area contributed by atoms with Crippen molar-refractivity contribution < 1.29 is 0 Å². The first-order valence-electron chi connectivity index (χ1n) is 7.06. The molecule has 1 unspecified atom stereocenters. The number of hydrogen-bond donors (Lipinski definition) is 1. The molecule has 1 aromatic carbocycles. The number of nitrogens with one attached hydrogen (secondary N) is 1. The van der Waals surface area contributed by atoms with Crippen LogP contribution < -0.4 is 5.32 Å². The largest absolute Gasteiger partial charge is 0.311 e. The lowest BCUT2D eigenvalue weighted by Gasteiger charge is -2.27. The van der Waals surface area contributed by atoms with Gasteiger partial charge in [-0.2, -0.15) is 0 Å². The minimum Gasteiger partial charge on any atom is -0.311 e. The molecule has 1 aliphatic rings. The lowest BCUT2D eigenvalue weighted by atomic mass is 9.94. The fraction of sp³-hybridized carbons (Fsp3) is 0.625. The summed E-state index contributed by atoms with van der Waals surface area (Å²) in [6.45, 7) is 4.53. The van der Waals surface area contributed by atoms with Crippen molar-refractivity contribution in [3.63, 3.8) is 0 Å². The van der Waals surface area contributed by atoms with Gasteiger partial charge in [-0.1, -0.05) is 43.5 Å².